The molecule has 8 heteroatoms. The minimum absolute atomic E-state index is 0.126. The smallest absolute Gasteiger partial charge is 0.374 e. The summed E-state index contributed by atoms with van der Waals surface area (Å²) in [6.45, 7) is 3.44. The fourth-order valence-corrected chi connectivity index (χ4v) is 3.93. The normalized spacial score (nSPS) is 17.1. The third kappa shape index (κ3) is 5.93. The quantitative estimate of drug-likeness (QED) is 0.433. The van der Waals surface area contributed by atoms with Gasteiger partial charge in [0.25, 0.3) is 0 Å². The maximum Gasteiger partial charge on any atom is 0.392 e. The average molecular weight is 474 g/mol. The predicted octanol–water partition coefficient (Wildman–Crippen LogP) is 7.40. The van der Waals surface area contributed by atoms with Crippen molar-refractivity contribution in [1.29, 1.82) is 0 Å². The van der Waals surface area contributed by atoms with Crippen molar-refractivity contribution in [3.8, 4) is 0 Å². The average Bonchev–Trinajstić information content (AvgIpc) is 3.54. The van der Waals surface area contributed by atoms with Crippen molar-refractivity contribution in [2.45, 2.75) is 44.9 Å². The second kappa shape index (κ2) is 9.80. The highest BCUT2D eigenvalue weighted by atomic mass is 35.5. The Morgan fingerprint density at radius 3 is 2.29 bits per heavy atom. The van der Waals surface area contributed by atoms with E-state index in [1.807, 2.05) is 13.0 Å². The number of rotatable bonds is 8. The maximum atomic E-state index is 13.5. The number of hydrogen-bond donors (Lipinski definition) is 1. The zero-order valence-electron chi connectivity index (χ0n) is 17.2. The van der Waals surface area contributed by atoms with Crippen LogP contribution in [0.15, 0.2) is 42.5 Å². The molecule has 3 nitrogen and oxygen atoms in total. The molecule has 0 spiro atoms. The van der Waals surface area contributed by atoms with Gasteiger partial charge in [-0.05, 0) is 61.1 Å². The van der Waals surface area contributed by atoms with Gasteiger partial charge in [0, 0.05) is 11.6 Å². The van der Waals surface area contributed by atoms with E-state index in [1.165, 1.54) is 24.3 Å². The molecule has 1 saturated carbocycles. The second-order valence-electron chi connectivity index (χ2n) is 7.80. The number of halogens is 5. The van der Waals surface area contributed by atoms with Crippen LogP contribution >= 0.6 is 23.2 Å². The Balaban J connectivity index is 1.90. The molecule has 1 aliphatic carbocycles. The van der Waals surface area contributed by atoms with Gasteiger partial charge >= 0.3 is 6.18 Å². The predicted molar refractivity (Wildman–Crippen MR) is 117 cm³/mol. The molecular formula is C23H24Cl2F3NO2. The van der Waals surface area contributed by atoms with Crippen LogP contribution in [0.2, 0.25) is 10.0 Å². The lowest BCUT2D eigenvalue weighted by atomic mass is 9.86. The van der Waals surface area contributed by atoms with Gasteiger partial charge in [0.2, 0.25) is 5.91 Å². The number of hydrogen-bond acceptors (Lipinski definition) is 2. The van der Waals surface area contributed by atoms with Gasteiger partial charge in [-0.1, -0.05) is 48.3 Å². The van der Waals surface area contributed by atoms with E-state index in [-0.39, 0.29) is 22.4 Å². The number of nitrogens with one attached hydrogen (secondary N) is 1. The molecule has 3 rings (SSSR count). The SMILES string of the molecule is CCOC(c1ccc(Cl)c(NC(=O)[C@H](c2ccc(Cl)cc2)[C@@H](C)C(F)(F)F)c1)C1CC1. The van der Waals surface area contributed by atoms with Gasteiger partial charge in [0.15, 0.2) is 0 Å². The number of amides is 1. The zero-order valence-corrected chi connectivity index (χ0v) is 18.7. The molecule has 0 radical (unpaired) electrons. The molecule has 1 unspecified atom stereocenters. The summed E-state index contributed by atoms with van der Waals surface area (Å²) in [5.74, 6) is -3.75. The van der Waals surface area contributed by atoms with E-state index in [1.54, 1.807) is 12.1 Å². The van der Waals surface area contributed by atoms with Crippen molar-refractivity contribution < 1.29 is 22.7 Å². The van der Waals surface area contributed by atoms with Crippen LogP contribution in [0.1, 0.15) is 49.8 Å². The first kappa shape index (κ1) is 23.9. The van der Waals surface area contributed by atoms with E-state index in [2.05, 4.69) is 5.32 Å². The standard InChI is InChI=1S/C23H24Cl2F3NO2/c1-3-31-21(15-4-5-15)16-8-11-18(25)19(12-16)29-22(30)20(13(2)23(26,27)28)14-6-9-17(24)10-7-14/h6-13,15,20-21H,3-5H2,1-2H3,(H,29,30)/t13-,20+,21?/m1/s1. The summed E-state index contributed by atoms with van der Waals surface area (Å²) < 4.78 is 46.5. The fraction of sp³-hybridized carbons (Fsp3) is 0.435. The first-order valence-corrected chi connectivity index (χ1v) is 10.9. The van der Waals surface area contributed by atoms with Gasteiger partial charge < -0.3 is 10.1 Å². The molecule has 0 heterocycles. The molecule has 0 aromatic heterocycles. The van der Waals surface area contributed by atoms with E-state index in [0.717, 1.165) is 25.3 Å². The van der Waals surface area contributed by atoms with Gasteiger partial charge in [0.05, 0.1) is 28.6 Å². The summed E-state index contributed by atoms with van der Waals surface area (Å²) in [6, 6.07) is 11.0. The van der Waals surface area contributed by atoms with Crippen LogP contribution in [0, 0.1) is 11.8 Å². The molecule has 1 N–H and O–H groups in total. The third-order valence-corrected chi connectivity index (χ3v) is 6.08. The van der Waals surface area contributed by atoms with Crippen LogP contribution in [0.25, 0.3) is 0 Å². The van der Waals surface area contributed by atoms with E-state index < -0.39 is 23.9 Å². The lowest BCUT2D eigenvalue weighted by molar-refractivity contribution is -0.178. The van der Waals surface area contributed by atoms with Gasteiger partial charge in [0.1, 0.15) is 0 Å². The fourth-order valence-electron chi connectivity index (χ4n) is 3.64. The lowest BCUT2D eigenvalue weighted by Crippen LogP contribution is -2.34. The summed E-state index contributed by atoms with van der Waals surface area (Å²) >= 11 is 12.1. The molecule has 3 atom stereocenters. The summed E-state index contributed by atoms with van der Waals surface area (Å²) in [5.41, 5.74) is 1.34. The Kier molecular flexibility index (Phi) is 7.55. The molecular weight excluding hydrogens is 450 g/mol. The number of alkyl halides is 3. The number of carbonyl (C=O) groups excluding carboxylic acids is 1. The number of ether oxygens (including phenoxy) is 1. The van der Waals surface area contributed by atoms with Crippen LogP contribution in [-0.2, 0) is 9.53 Å². The second-order valence-corrected chi connectivity index (χ2v) is 8.65. The van der Waals surface area contributed by atoms with Crippen molar-refractivity contribution in [3.05, 3.63) is 63.6 Å². The highest BCUT2D eigenvalue weighted by molar-refractivity contribution is 6.33. The molecule has 168 valence electrons. The third-order valence-electron chi connectivity index (χ3n) is 5.50. The van der Waals surface area contributed by atoms with Crippen LogP contribution < -0.4 is 5.32 Å². The first-order chi connectivity index (χ1) is 14.6. The maximum absolute atomic E-state index is 13.5. The highest BCUT2D eigenvalue weighted by Crippen LogP contribution is 2.44. The van der Waals surface area contributed by atoms with Crippen LogP contribution in [-0.4, -0.2) is 18.7 Å². The van der Waals surface area contributed by atoms with Crippen molar-refractivity contribution >= 4 is 34.8 Å². The van der Waals surface area contributed by atoms with Gasteiger partial charge in [-0.2, -0.15) is 13.2 Å². The number of carbonyl (C=O) groups is 1. The molecule has 1 fully saturated rings. The first-order valence-electron chi connectivity index (χ1n) is 10.2. The van der Waals surface area contributed by atoms with E-state index >= 15 is 0 Å². The molecule has 0 saturated heterocycles. The topological polar surface area (TPSA) is 38.3 Å². The van der Waals surface area contributed by atoms with Crippen molar-refractivity contribution in [3.63, 3.8) is 0 Å². The van der Waals surface area contributed by atoms with Crippen LogP contribution in [0.4, 0.5) is 18.9 Å². The van der Waals surface area contributed by atoms with Gasteiger partial charge in [-0.3, -0.25) is 4.79 Å². The molecule has 1 aliphatic rings. The zero-order chi connectivity index (χ0) is 22.8. The summed E-state index contributed by atoms with van der Waals surface area (Å²) in [6.07, 6.45) is -2.58. The molecule has 0 bridgehead atoms. The molecule has 2 aromatic carbocycles. The lowest BCUT2D eigenvalue weighted by Gasteiger charge is -2.26. The molecule has 31 heavy (non-hydrogen) atoms. The van der Waals surface area contributed by atoms with E-state index in [4.69, 9.17) is 27.9 Å². The van der Waals surface area contributed by atoms with E-state index in [9.17, 15) is 18.0 Å². The number of benzene rings is 2. The van der Waals surface area contributed by atoms with Crippen molar-refractivity contribution in [2.75, 3.05) is 11.9 Å². The molecule has 1 amide bonds. The molecule has 2 aromatic rings. The largest absolute Gasteiger partial charge is 0.392 e. The van der Waals surface area contributed by atoms with Crippen LogP contribution in [0.5, 0.6) is 0 Å². The van der Waals surface area contributed by atoms with Crippen molar-refractivity contribution in [2.24, 2.45) is 11.8 Å². The Labute approximate surface area is 189 Å². The van der Waals surface area contributed by atoms with Gasteiger partial charge in [-0.25, -0.2) is 0 Å². The Morgan fingerprint density at radius 2 is 1.74 bits per heavy atom. The van der Waals surface area contributed by atoms with Gasteiger partial charge in [-0.15, -0.1) is 0 Å². The van der Waals surface area contributed by atoms with Crippen LogP contribution in [0.3, 0.4) is 0 Å². The minimum Gasteiger partial charge on any atom is -0.374 e. The Morgan fingerprint density at radius 1 is 1.13 bits per heavy atom. The summed E-state index contributed by atoms with van der Waals surface area (Å²) in [4.78, 5) is 13.1. The Hall–Kier alpha value is -1.76. The van der Waals surface area contributed by atoms with Crippen molar-refractivity contribution in [1.82, 2.24) is 0 Å². The van der Waals surface area contributed by atoms with E-state index in [0.29, 0.717) is 17.5 Å². The Bertz CT molecular complexity index is 914. The summed E-state index contributed by atoms with van der Waals surface area (Å²) in [5, 5.41) is 3.24. The molecule has 0 aliphatic heterocycles. The number of anilines is 1. The minimum atomic E-state index is -4.56. The monoisotopic (exact) mass is 473 g/mol. The highest BCUT2D eigenvalue weighted by Gasteiger charge is 2.45. The summed E-state index contributed by atoms with van der Waals surface area (Å²) in [7, 11) is 0.